The third-order valence-corrected chi connectivity index (χ3v) is 2.58. The first-order chi connectivity index (χ1) is 6.71. The van der Waals surface area contributed by atoms with Crippen LogP contribution in [0, 0.1) is 0 Å². The lowest BCUT2D eigenvalue weighted by atomic mass is 9.77. The number of aromatic amines is 1. The minimum Gasteiger partial charge on any atom is -0.347 e. The van der Waals surface area contributed by atoms with Gasteiger partial charge in [-0.05, 0) is 19.3 Å². The van der Waals surface area contributed by atoms with E-state index in [1.165, 1.54) is 6.33 Å². The fourth-order valence-corrected chi connectivity index (χ4v) is 1.44. The predicted molar refractivity (Wildman–Crippen MR) is 49.0 cm³/mol. The maximum atomic E-state index is 11.5. The van der Waals surface area contributed by atoms with Crippen LogP contribution >= 0.6 is 0 Å². The van der Waals surface area contributed by atoms with Gasteiger partial charge in [0.05, 0.1) is 12.1 Å². The Labute approximate surface area is 81.3 Å². The highest BCUT2D eigenvalue weighted by molar-refractivity contribution is 5.86. The highest BCUT2D eigenvalue weighted by atomic mass is 16.2. The highest BCUT2D eigenvalue weighted by Crippen LogP contribution is 2.28. The monoisotopic (exact) mass is 195 g/mol. The highest BCUT2D eigenvalue weighted by Gasteiger charge is 2.39. The van der Waals surface area contributed by atoms with Gasteiger partial charge in [0, 0.05) is 0 Å². The van der Waals surface area contributed by atoms with Gasteiger partial charge in [-0.3, -0.25) is 9.89 Å². The van der Waals surface area contributed by atoms with Crippen molar-refractivity contribution in [2.45, 2.75) is 31.3 Å². The lowest BCUT2D eigenvalue weighted by Crippen LogP contribution is -2.58. The van der Waals surface area contributed by atoms with Crippen LogP contribution in [0.1, 0.15) is 25.1 Å². The molecular formula is C8H13N5O. The average Bonchev–Trinajstić information content (AvgIpc) is 2.62. The third-order valence-electron chi connectivity index (χ3n) is 2.58. The Hall–Kier alpha value is -1.43. The summed E-state index contributed by atoms with van der Waals surface area (Å²) in [5.41, 5.74) is 5.19. The van der Waals surface area contributed by atoms with Crippen molar-refractivity contribution in [3.63, 3.8) is 0 Å². The van der Waals surface area contributed by atoms with E-state index in [2.05, 4.69) is 20.5 Å². The van der Waals surface area contributed by atoms with E-state index in [1.807, 2.05) is 0 Å². The zero-order valence-corrected chi connectivity index (χ0v) is 7.79. The Morgan fingerprint density at radius 2 is 2.50 bits per heavy atom. The van der Waals surface area contributed by atoms with Gasteiger partial charge < -0.3 is 11.1 Å². The van der Waals surface area contributed by atoms with E-state index < -0.39 is 5.54 Å². The van der Waals surface area contributed by atoms with Crippen LogP contribution in [0.5, 0.6) is 0 Å². The zero-order chi connectivity index (χ0) is 10.0. The molecule has 0 unspecified atom stereocenters. The van der Waals surface area contributed by atoms with Gasteiger partial charge in [0.15, 0.2) is 0 Å². The fraction of sp³-hybridized carbons (Fsp3) is 0.625. The smallest absolute Gasteiger partial charge is 0.240 e. The van der Waals surface area contributed by atoms with Crippen molar-refractivity contribution in [2.75, 3.05) is 0 Å². The quantitative estimate of drug-likeness (QED) is 0.594. The molecular weight excluding hydrogens is 182 g/mol. The molecule has 1 aromatic rings. The predicted octanol–water partition coefficient (Wildman–Crippen LogP) is -0.698. The van der Waals surface area contributed by atoms with E-state index >= 15 is 0 Å². The molecule has 1 aliphatic rings. The summed E-state index contributed by atoms with van der Waals surface area (Å²) < 4.78 is 0. The fourth-order valence-electron chi connectivity index (χ4n) is 1.44. The molecule has 0 atom stereocenters. The molecule has 6 nitrogen and oxygen atoms in total. The number of carbonyl (C=O) groups excluding carboxylic acids is 1. The van der Waals surface area contributed by atoms with Crippen molar-refractivity contribution in [3.05, 3.63) is 12.2 Å². The van der Waals surface area contributed by atoms with Gasteiger partial charge in [-0.25, -0.2) is 4.98 Å². The van der Waals surface area contributed by atoms with Gasteiger partial charge in [-0.15, -0.1) is 0 Å². The molecule has 1 aliphatic carbocycles. The lowest BCUT2D eigenvalue weighted by molar-refractivity contribution is -0.129. The van der Waals surface area contributed by atoms with Gasteiger partial charge in [0.2, 0.25) is 5.91 Å². The molecule has 0 aromatic carbocycles. The minimum atomic E-state index is -0.639. The molecule has 1 saturated carbocycles. The molecule has 76 valence electrons. The summed E-state index contributed by atoms with van der Waals surface area (Å²) in [6.45, 7) is 0.359. The van der Waals surface area contributed by atoms with E-state index in [-0.39, 0.29) is 5.91 Å². The van der Waals surface area contributed by atoms with Crippen LogP contribution < -0.4 is 11.1 Å². The van der Waals surface area contributed by atoms with Crippen molar-refractivity contribution < 1.29 is 4.79 Å². The number of aromatic nitrogens is 3. The van der Waals surface area contributed by atoms with Crippen LogP contribution in [-0.4, -0.2) is 26.6 Å². The summed E-state index contributed by atoms with van der Waals surface area (Å²) in [7, 11) is 0. The van der Waals surface area contributed by atoms with E-state index in [0.29, 0.717) is 12.4 Å². The van der Waals surface area contributed by atoms with E-state index in [1.54, 1.807) is 0 Å². The standard InChI is InChI=1S/C8H13N5O/c9-8(2-1-3-8)7(14)10-4-6-11-5-12-13-6/h5H,1-4,9H2,(H,10,14)(H,11,12,13). The number of hydrogen-bond donors (Lipinski definition) is 3. The van der Waals surface area contributed by atoms with Crippen molar-refractivity contribution in [3.8, 4) is 0 Å². The van der Waals surface area contributed by atoms with Crippen LogP contribution in [0.25, 0.3) is 0 Å². The van der Waals surface area contributed by atoms with Crippen molar-refractivity contribution >= 4 is 5.91 Å². The normalized spacial score (nSPS) is 18.6. The first-order valence-corrected chi connectivity index (χ1v) is 4.62. The Morgan fingerprint density at radius 3 is 3.00 bits per heavy atom. The van der Waals surface area contributed by atoms with Crippen molar-refractivity contribution in [1.82, 2.24) is 20.5 Å². The molecule has 0 bridgehead atoms. The molecule has 0 spiro atoms. The lowest BCUT2D eigenvalue weighted by Gasteiger charge is -2.36. The van der Waals surface area contributed by atoms with E-state index in [4.69, 9.17) is 5.73 Å². The first-order valence-electron chi connectivity index (χ1n) is 4.62. The van der Waals surface area contributed by atoms with Crippen LogP contribution in [-0.2, 0) is 11.3 Å². The molecule has 0 saturated heterocycles. The molecule has 0 radical (unpaired) electrons. The number of hydrogen-bond acceptors (Lipinski definition) is 4. The number of nitrogens with zero attached hydrogens (tertiary/aromatic N) is 2. The molecule has 2 rings (SSSR count). The van der Waals surface area contributed by atoms with Crippen LogP contribution in [0.2, 0.25) is 0 Å². The Morgan fingerprint density at radius 1 is 1.71 bits per heavy atom. The van der Waals surface area contributed by atoms with Crippen LogP contribution in [0.4, 0.5) is 0 Å². The number of amides is 1. The van der Waals surface area contributed by atoms with Gasteiger partial charge in [-0.2, -0.15) is 5.10 Å². The minimum absolute atomic E-state index is 0.0971. The molecule has 14 heavy (non-hydrogen) atoms. The molecule has 6 heteroatoms. The second kappa shape index (κ2) is 3.38. The topological polar surface area (TPSA) is 96.7 Å². The zero-order valence-electron chi connectivity index (χ0n) is 7.79. The summed E-state index contributed by atoms with van der Waals surface area (Å²) in [6.07, 6.45) is 3.99. The summed E-state index contributed by atoms with van der Waals surface area (Å²) in [5, 5.41) is 9.07. The van der Waals surface area contributed by atoms with Crippen LogP contribution in [0.15, 0.2) is 6.33 Å². The number of rotatable bonds is 3. The average molecular weight is 195 g/mol. The Balaban J connectivity index is 1.84. The van der Waals surface area contributed by atoms with Gasteiger partial charge in [0.25, 0.3) is 0 Å². The SMILES string of the molecule is NC1(C(=O)NCc2ncn[nH]2)CCC1. The molecule has 1 heterocycles. The summed E-state index contributed by atoms with van der Waals surface area (Å²) in [5.74, 6) is 0.543. The Bertz CT molecular complexity index is 316. The first kappa shape index (κ1) is 9.14. The molecule has 1 amide bonds. The van der Waals surface area contributed by atoms with Gasteiger partial charge in [0.1, 0.15) is 12.2 Å². The number of carbonyl (C=O) groups is 1. The summed E-state index contributed by atoms with van der Waals surface area (Å²) >= 11 is 0. The number of nitrogens with two attached hydrogens (primary N) is 1. The molecule has 1 fully saturated rings. The molecule has 4 N–H and O–H groups in total. The Kier molecular flexibility index (Phi) is 2.20. The van der Waals surface area contributed by atoms with Gasteiger partial charge in [-0.1, -0.05) is 0 Å². The van der Waals surface area contributed by atoms with Gasteiger partial charge >= 0.3 is 0 Å². The maximum Gasteiger partial charge on any atom is 0.240 e. The second-order valence-corrected chi connectivity index (χ2v) is 3.62. The maximum absolute atomic E-state index is 11.5. The molecule has 1 aromatic heterocycles. The van der Waals surface area contributed by atoms with Crippen molar-refractivity contribution in [1.29, 1.82) is 0 Å². The van der Waals surface area contributed by atoms with E-state index in [0.717, 1.165) is 19.3 Å². The molecule has 0 aliphatic heterocycles. The number of nitrogens with one attached hydrogen (secondary N) is 2. The largest absolute Gasteiger partial charge is 0.347 e. The third kappa shape index (κ3) is 1.60. The summed E-state index contributed by atoms with van der Waals surface area (Å²) in [6, 6.07) is 0. The van der Waals surface area contributed by atoms with Crippen LogP contribution in [0.3, 0.4) is 0 Å². The van der Waals surface area contributed by atoms with E-state index in [9.17, 15) is 4.79 Å². The van der Waals surface area contributed by atoms with Crippen molar-refractivity contribution in [2.24, 2.45) is 5.73 Å². The number of H-pyrrole nitrogens is 1. The second-order valence-electron chi connectivity index (χ2n) is 3.62. The summed E-state index contributed by atoms with van der Waals surface area (Å²) in [4.78, 5) is 15.4.